The molecule has 0 aromatic carbocycles. The van der Waals surface area contributed by atoms with Gasteiger partial charge in [-0.1, -0.05) is 0 Å². The van der Waals surface area contributed by atoms with Crippen LogP contribution in [0.4, 0.5) is 0 Å². The lowest BCUT2D eigenvalue weighted by molar-refractivity contribution is 0.485. The molecule has 0 spiro atoms. The fourth-order valence-electron chi connectivity index (χ4n) is 2.35. The molecule has 0 bridgehead atoms. The third-order valence-electron chi connectivity index (χ3n) is 3.38. The largest absolute Gasteiger partial charge is 0.399 e. The van der Waals surface area contributed by atoms with Crippen LogP contribution in [0.3, 0.4) is 0 Å². The minimum absolute atomic E-state index is 0.603. The van der Waals surface area contributed by atoms with E-state index in [1.165, 1.54) is 0 Å². The van der Waals surface area contributed by atoms with Crippen molar-refractivity contribution < 1.29 is 0 Å². The highest BCUT2D eigenvalue weighted by atomic mass is 15.1. The highest BCUT2D eigenvalue weighted by Gasteiger charge is 2.30. The van der Waals surface area contributed by atoms with Gasteiger partial charge in [-0.2, -0.15) is 0 Å². The van der Waals surface area contributed by atoms with E-state index in [2.05, 4.69) is 15.3 Å². The molecule has 0 aliphatic carbocycles. The summed E-state index contributed by atoms with van der Waals surface area (Å²) in [6.07, 6.45) is 8.84. The fraction of sp³-hybridized carbons (Fsp3) is 0.125. The second-order valence-electron chi connectivity index (χ2n) is 5.15. The summed E-state index contributed by atoms with van der Waals surface area (Å²) in [5.74, 6) is 0. The highest BCUT2D eigenvalue weighted by Crippen LogP contribution is 2.26. The quantitative estimate of drug-likeness (QED) is 0.772. The molecule has 1 atom stereocenters. The van der Waals surface area contributed by atoms with Gasteiger partial charge in [0.25, 0.3) is 0 Å². The zero-order chi connectivity index (χ0) is 14.9. The predicted octanol–water partition coefficient (Wildman–Crippen LogP) is 1.38. The Morgan fingerprint density at radius 3 is 2.62 bits per heavy atom. The predicted molar refractivity (Wildman–Crippen MR) is 82.5 cm³/mol. The Balaban J connectivity index is 2.02. The van der Waals surface area contributed by atoms with E-state index in [9.17, 15) is 0 Å². The number of hydrogen-bond acceptors (Lipinski definition) is 5. The maximum Gasteiger partial charge on any atom is 0.151 e. The molecule has 3 rings (SSSR count). The van der Waals surface area contributed by atoms with Crippen molar-refractivity contribution in [3.63, 3.8) is 0 Å². The highest BCUT2D eigenvalue weighted by molar-refractivity contribution is 5.69. The number of dihydropyridines is 1. The SMILES string of the molecule is Cc1ccnc(C2(N)C=C(N)C=C(c3ccncc3)N2)c1. The van der Waals surface area contributed by atoms with Gasteiger partial charge in [-0.25, -0.2) is 0 Å². The Hall–Kier alpha value is -2.66. The maximum atomic E-state index is 6.48. The monoisotopic (exact) mass is 279 g/mol. The molecule has 0 radical (unpaired) electrons. The normalized spacial score (nSPS) is 21.2. The average Bonchev–Trinajstić information content (AvgIpc) is 2.47. The standard InChI is InChI=1S/C16H17N5/c1-11-2-7-20-15(8-11)16(18)10-13(17)9-14(21-16)12-3-5-19-6-4-12/h2-10,21H,17-18H2,1H3. The number of nitrogens with two attached hydrogens (primary N) is 2. The van der Waals surface area contributed by atoms with Crippen molar-refractivity contribution in [1.29, 1.82) is 0 Å². The van der Waals surface area contributed by atoms with Crippen molar-refractivity contribution in [2.45, 2.75) is 12.6 Å². The average molecular weight is 279 g/mol. The minimum Gasteiger partial charge on any atom is -0.399 e. The molecule has 0 amide bonds. The van der Waals surface area contributed by atoms with Crippen LogP contribution in [0.5, 0.6) is 0 Å². The van der Waals surface area contributed by atoms with Crippen molar-refractivity contribution in [2.24, 2.45) is 11.5 Å². The number of allylic oxidation sites excluding steroid dienone is 1. The van der Waals surface area contributed by atoms with E-state index in [-0.39, 0.29) is 0 Å². The molecular formula is C16H17N5. The van der Waals surface area contributed by atoms with E-state index in [0.717, 1.165) is 22.5 Å². The summed E-state index contributed by atoms with van der Waals surface area (Å²) in [4.78, 5) is 8.39. The molecule has 106 valence electrons. The molecular weight excluding hydrogens is 262 g/mol. The molecule has 1 unspecified atom stereocenters. The molecule has 0 saturated heterocycles. The molecule has 21 heavy (non-hydrogen) atoms. The summed E-state index contributed by atoms with van der Waals surface area (Å²) in [6, 6.07) is 7.69. The first-order valence-electron chi connectivity index (χ1n) is 6.67. The number of nitrogens with zero attached hydrogens (tertiary/aromatic N) is 2. The van der Waals surface area contributed by atoms with Crippen LogP contribution < -0.4 is 16.8 Å². The van der Waals surface area contributed by atoms with Gasteiger partial charge in [-0.05, 0) is 48.9 Å². The lowest BCUT2D eigenvalue weighted by Crippen LogP contribution is -2.50. The molecule has 5 N–H and O–H groups in total. The van der Waals surface area contributed by atoms with Gasteiger partial charge in [-0.3, -0.25) is 9.97 Å². The summed E-state index contributed by atoms with van der Waals surface area (Å²) in [5.41, 5.74) is 15.8. The lowest BCUT2D eigenvalue weighted by Gasteiger charge is -2.33. The molecule has 0 fully saturated rings. The number of aryl methyl sites for hydroxylation is 1. The van der Waals surface area contributed by atoms with Crippen LogP contribution in [0.15, 0.2) is 60.7 Å². The Labute approximate surface area is 123 Å². The van der Waals surface area contributed by atoms with Gasteiger partial charge in [0.05, 0.1) is 5.69 Å². The van der Waals surface area contributed by atoms with Crippen LogP contribution in [-0.4, -0.2) is 9.97 Å². The van der Waals surface area contributed by atoms with E-state index in [1.54, 1.807) is 24.7 Å². The zero-order valence-electron chi connectivity index (χ0n) is 11.7. The van der Waals surface area contributed by atoms with Crippen molar-refractivity contribution >= 4 is 5.70 Å². The Morgan fingerprint density at radius 1 is 1.14 bits per heavy atom. The Morgan fingerprint density at radius 2 is 1.90 bits per heavy atom. The van der Waals surface area contributed by atoms with Crippen LogP contribution in [0.25, 0.3) is 5.70 Å². The van der Waals surface area contributed by atoms with Gasteiger partial charge < -0.3 is 16.8 Å². The number of pyridine rings is 2. The van der Waals surface area contributed by atoms with Crippen LogP contribution >= 0.6 is 0 Å². The van der Waals surface area contributed by atoms with Crippen molar-refractivity contribution in [3.8, 4) is 0 Å². The van der Waals surface area contributed by atoms with Crippen LogP contribution in [0.2, 0.25) is 0 Å². The summed E-state index contributed by atoms with van der Waals surface area (Å²) in [7, 11) is 0. The summed E-state index contributed by atoms with van der Waals surface area (Å²) < 4.78 is 0. The van der Waals surface area contributed by atoms with Crippen LogP contribution in [-0.2, 0) is 5.66 Å². The maximum absolute atomic E-state index is 6.48. The third-order valence-corrected chi connectivity index (χ3v) is 3.38. The smallest absolute Gasteiger partial charge is 0.151 e. The van der Waals surface area contributed by atoms with Crippen molar-refractivity contribution in [2.75, 3.05) is 0 Å². The van der Waals surface area contributed by atoms with Gasteiger partial charge in [0, 0.05) is 35.5 Å². The van der Waals surface area contributed by atoms with E-state index >= 15 is 0 Å². The van der Waals surface area contributed by atoms with Crippen LogP contribution in [0, 0.1) is 6.92 Å². The second kappa shape index (κ2) is 5.03. The van der Waals surface area contributed by atoms with E-state index in [0.29, 0.717) is 5.70 Å². The number of rotatable bonds is 2. The van der Waals surface area contributed by atoms with E-state index < -0.39 is 5.66 Å². The Kier molecular flexibility index (Phi) is 3.19. The van der Waals surface area contributed by atoms with Gasteiger partial charge in [0.15, 0.2) is 5.66 Å². The van der Waals surface area contributed by atoms with Gasteiger partial charge >= 0.3 is 0 Å². The second-order valence-corrected chi connectivity index (χ2v) is 5.15. The molecule has 5 nitrogen and oxygen atoms in total. The molecule has 2 aromatic rings. The summed E-state index contributed by atoms with van der Waals surface area (Å²) >= 11 is 0. The number of hydrogen-bond donors (Lipinski definition) is 3. The number of nitrogens with one attached hydrogen (secondary N) is 1. The molecule has 1 aliphatic rings. The van der Waals surface area contributed by atoms with E-state index in [4.69, 9.17) is 11.5 Å². The van der Waals surface area contributed by atoms with E-state index in [1.807, 2.05) is 37.3 Å². The van der Waals surface area contributed by atoms with Crippen molar-refractivity contribution in [3.05, 3.63) is 77.5 Å². The number of aromatic nitrogens is 2. The lowest BCUT2D eigenvalue weighted by atomic mass is 9.97. The van der Waals surface area contributed by atoms with Gasteiger partial charge in [-0.15, -0.1) is 0 Å². The van der Waals surface area contributed by atoms with Crippen LogP contribution in [0.1, 0.15) is 16.8 Å². The first-order chi connectivity index (χ1) is 10.1. The minimum atomic E-state index is -0.927. The third kappa shape index (κ3) is 2.64. The Bertz CT molecular complexity index is 720. The first-order valence-corrected chi connectivity index (χ1v) is 6.67. The van der Waals surface area contributed by atoms with Gasteiger partial charge in [0.1, 0.15) is 0 Å². The first kappa shape index (κ1) is 13.3. The topological polar surface area (TPSA) is 89.8 Å². The summed E-state index contributed by atoms with van der Waals surface area (Å²) in [6.45, 7) is 2.00. The zero-order valence-corrected chi connectivity index (χ0v) is 11.7. The molecule has 1 aliphatic heterocycles. The molecule has 2 aromatic heterocycles. The molecule has 5 heteroatoms. The fourth-order valence-corrected chi connectivity index (χ4v) is 2.35. The summed E-state index contributed by atoms with van der Waals surface area (Å²) in [5, 5.41) is 3.31. The molecule has 0 saturated carbocycles. The van der Waals surface area contributed by atoms with Gasteiger partial charge in [0.2, 0.25) is 0 Å². The molecule has 3 heterocycles. The van der Waals surface area contributed by atoms with Crippen molar-refractivity contribution in [1.82, 2.24) is 15.3 Å².